The normalized spacial score (nSPS) is 15.1. The van der Waals surface area contributed by atoms with Crippen molar-refractivity contribution in [1.82, 2.24) is 0 Å². The highest BCUT2D eigenvalue weighted by Gasteiger charge is 2.38. The summed E-state index contributed by atoms with van der Waals surface area (Å²) in [5.41, 5.74) is 0.583. The Balaban J connectivity index is 1.94. The van der Waals surface area contributed by atoms with E-state index in [0.717, 1.165) is 0 Å². The van der Waals surface area contributed by atoms with Crippen molar-refractivity contribution in [3.63, 3.8) is 0 Å². The molecule has 0 aromatic heterocycles. The summed E-state index contributed by atoms with van der Waals surface area (Å²) in [6, 6.07) is 11.7. The minimum Gasteiger partial charge on any atom is -0.490 e. The predicted molar refractivity (Wildman–Crippen MR) is 111 cm³/mol. The van der Waals surface area contributed by atoms with Crippen LogP contribution in [-0.4, -0.2) is 30.3 Å². The van der Waals surface area contributed by atoms with Crippen molar-refractivity contribution in [2.24, 2.45) is 0 Å². The van der Waals surface area contributed by atoms with Gasteiger partial charge in [-0.25, -0.2) is 14.4 Å². The van der Waals surface area contributed by atoms with E-state index in [0.29, 0.717) is 22.2 Å². The Morgan fingerprint density at radius 1 is 1.10 bits per heavy atom. The van der Waals surface area contributed by atoms with E-state index in [4.69, 9.17) is 18.9 Å². The molecule has 30 heavy (non-hydrogen) atoms. The molecule has 0 bridgehead atoms. The fourth-order valence-electron chi connectivity index (χ4n) is 2.70. The molecule has 156 valence electrons. The van der Waals surface area contributed by atoms with Crippen molar-refractivity contribution >= 4 is 39.9 Å². The molecule has 1 aliphatic rings. The quantitative estimate of drug-likeness (QED) is 0.276. The molecule has 1 heterocycles. The van der Waals surface area contributed by atoms with Gasteiger partial charge in [0, 0.05) is 13.8 Å². The van der Waals surface area contributed by atoms with Gasteiger partial charge in [0.05, 0.1) is 16.6 Å². The lowest BCUT2D eigenvalue weighted by molar-refractivity contribution is -0.222. The fraction of sp³-hybridized carbons (Fsp3) is 0.227. The summed E-state index contributed by atoms with van der Waals surface area (Å²) < 4.78 is 21.7. The van der Waals surface area contributed by atoms with Crippen LogP contribution in [0.25, 0.3) is 6.08 Å². The summed E-state index contributed by atoms with van der Waals surface area (Å²) in [5, 5.41) is 0. The Hall–Kier alpha value is -3.13. The van der Waals surface area contributed by atoms with E-state index in [1.807, 2.05) is 0 Å². The molecular formula is C22H19BrO7. The maximum absolute atomic E-state index is 12.4. The van der Waals surface area contributed by atoms with Crippen LogP contribution in [0.5, 0.6) is 11.5 Å². The molecule has 2 aromatic carbocycles. The Morgan fingerprint density at radius 2 is 1.73 bits per heavy atom. The number of halogens is 1. The van der Waals surface area contributed by atoms with Gasteiger partial charge in [0.15, 0.2) is 11.5 Å². The van der Waals surface area contributed by atoms with Gasteiger partial charge >= 0.3 is 17.9 Å². The van der Waals surface area contributed by atoms with Crippen LogP contribution in [0, 0.1) is 0 Å². The Morgan fingerprint density at radius 3 is 2.33 bits per heavy atom. The van der Waals surface area contributed by atoms with Crippen molar-refractivity contribution in [3.05, 3.63) is 63.6 Å². The molecule has 0 spiro atoms. The molecular weight excluding hydrogens is 456 g/mol. The topological polar surface area (TPSA) is 88.1 Å². The molecule has 8 heteroatoms. The Labute approximate surface area is 181 Å². The third-order valence-electron chi connectivity index (χ3n) is 3.96. The first kappa shape index (κ1) is 21.6. The second-order valence-corrected chi connectivity index (χ2v) is 7.61. The third-order valence-corrected chi connectivity index (χ3v) is 4.55. The van der Waals surface area contributed by atoms with E-state index >= 15 is 0 Å². The summed E-state index contributed by atoms with van der Waals surface area (Å²) in [4.78, 5) is 36.8. The highest BCUT2D eigenvalue weighted by molar-refractivity contribution is 9.10. The first-order valence-electron chi connectivity index (χ1n) is 9.12. The number of rotatable bonds is 5. The van der Waals surface area contributed by atoms with Gasteiger partial charge in [0.2, 0.25) is 0 Å². The molecule has 1 fully saturated rings. The number of hydrogen-bond acceptors (Lipinski definition) is 7. The second-order valence-electron chi connectivity index (χ2n) is 6.76. The van der Waals surface area contributed by atoms with E-state index in [2.05, 4.69) is 15.9 Å². The third kappa shape index (κ3) is 4.88. The minimum absolute atomic E-state index is 0.183. The number of esters is 3. The van der Waals surface area contributed by atoms with Crippen LogP contribution < -0.4 is 9.47 Å². The smallest absolute Gasteiger partial charge is 0.348 e. The molecule has 1 saturated heterocycles. The summed E-state index contributed by atoms with van der Waals surface area (Å²) >= 11 is 3.36. The molecule has 3 rings (SSSR count). The van der Waals surface area contributed by atoms with E-state index in [-0.39, 0.29) is 17.1 Å². The minimum atomic E-state index is -1.32. The van der Waals surface area contributed by atoms with Gasteiger partial charge in [-0.15, -0.1) is 0 Å². The molecule has 7 nitrogen and oxygen atoms in total. The fourth-order valence-corrected chi connectivity index (χ4v) is 3.24. The summed E-state index contributed by atoms with van der Waals surface area (Å²) in [6.07, 6.45) is 1.33. The Kier molecular flexibility index (Phi) is 6.26. The second kappa shape index (κ2) is 8.71. The lowest BCUT2D eigenvalue weighted by atomic mass is 10.1. The zero-order chi connectivity index (χ0) is 21.9. The molecule has 0 unspecified atom stereocenters. The van der Waals surface area contributed by atoms with Crippen molar-refractivity contribution in [3.8, 4) is 11.5 Å². The van der Waals surface area contributed by atoms with Gasteiger partial charge in [0.25, 0.3) is 5.79 Å². The van der Waals surface area contributed by atoms with E-state index < -0.39 is 23.7 Å². The van der Waals surface area contributed by atoms with Gasteiger partial charge in [-0.2, -0.15) is 0 Å². The van der Waals surface area contributed by atoms with E-state index in [1.165, 1.54) is 19.9 Å². The van der Waals surface area contributed by atoms with Crippen molar-refractivity contribution in [2.75, 3.05) is 6.61 Å². The van der Waals surface area contributed by atoms with E-state index in [9.17, 15) is 14.4 Å². The van der Waals surface area contributed by atoms with Gasteiger partial charge < -0.3 is 18.9 Å². The zero-order valence-electron chi connectivity index (χ0n) is 16.6. The molecule has 0 aliphatic carbocycles. The van der Waals surface area contributed by atoms with Crippen LogP contribution in [-0.2, 0) is 19.1 Å². The number of hydrogen-bond donors (Lipinski definition) is 0. The summed E-state index contributed by atoms with van der Waals surface area (Å²) in [6.45, 7) is 5.03. The first-order valence-corrected chi connectivity index (χ1v) is 9.91. The number of benzene rings is 2. The molecule has 0 amide bonds. The predicted octanol–water partition coefficient (Wildman–Crippen LogP) is 4.29. The maximum atomic E-state index is 12.4. The van der Waals surface area contributed by atoms with Gasteiger partial charge in [-0.3, -0.25) is 0 Å². The van der Waals surface area contributed by atoms with E-state index in [1.54, 1.807) is 49.4 Å². The van der Waals surface area contributed by atoms with Crippen LogP contribution in [0.1, 0.15) is 36.7 Å². The summed E-state index contributed by atoms with van der Waals surface area (Å²) in [7, 11) is 0. The number of carbonyl (C=O) groups excluding carboxylic acids is 3. The van der Waals surface area contributed by atoms with Crippen LogP contribution in [0.3, 0.4) is 0 Å². The number of ether oxygens (including phenoxy) is 4. The highest BCUT2D eigenvalue weighted by Crippen LogP contribution is 2.38. The van der Waals surface area contributed by atoms with Crippen LogP contribution in [0.4, 0.5) is 0 Å². The molecule has 0 atom stereocenters. The lowest BCUT2D eigenvalue weighted by Crippen LogP contribution is -2.41. The van der Waals surface area contributed by atoms with Crippen LogP contribution in [0.2, 0.25) is 0 Å². The standard InChI is InChI=1S/C22H19BrO7/c1-4-27-17-12-13(10-15-20(25)29-22(2,3)30-21(15)26)11-16(23)18(17)28-19(24)14-8-6-5-7-9-14/h5-12H,4H2,1-3H3. The monoisotopic (exact) mass is 474 g/mol. The maximum Gasteiger partial charge on any atom is 0.348 e. The van der Waals surface area contributed by atoms with Crippen molar-refractivity contribution < 1.29 is 33.3 Å². The van der Waals surface area contributed by atoms with Crippen molar-refractivity contribution in [1.29, 1.82) is 0 Å². The molecule has 1 aliphatic heterocycles. The highest BCUT2D eigenvalue weighted by atomic mass is 79.9. The van der Waals surface area contributed by atoms with Gasteiger partial charge in [-0.1, -0.05) is 18.2 Å². The van der Waals surface area contributed by atoms with Crippen molar-refractivity contribution in [2.45, 2.75) is 26.6 Å². The summed E-state index contributed by atoms with van der Waals surface area (Å²) in [5.74, 6) is -3.00. The Bertz CT molecular complexity index is 1000. The van der Waals surface area contributed by atoms with Gasteiger partial charge in [-0.05, 0) is 58.8 Å². The molecule has 2 aromatic rings. The van der Waals surface area contributed by atoms with Crippen LogP contribution in [0.15, 0.2) is 52.5 Å². The average molecular weight is 475 g/mol. The molecule has 0 radical (unpaired) electrons. The zero-order valence-corrected chi connectivity index (χ0v) is 18.1. The largest absolute Gasteiger partial charge is 0.490 e. The number of carbonyl (C=O) groups is 3. The first-order chi connectivity index (χ1) is 14.2. The van der Waals surface area contributed by atoms with Crippen LogP contribution >= 0.6 is 15.9 Å². The SMILES string of the molecule is CCOc1cc(C=C2C(=O)OC(C)(C)OC2=O)cc(Br)c1OC(=O)c1ccccc1. The number of cyclic esters (lactones) is 2. The average Bonchev–Trinajstić information content (AvgIpc) is 2.67. The lowest BCUT2D eigenvalue weighted by Gasteiger charge is -2.29. The van der Waals surface area contributed by atoms with Gasteiger partial charge in [0.1, 0.15) is 5.57 Å². The molecule has 0 saturated carbocycles. The molecule has 0 N–H and O–H groups in total.